The Labute approximate surface area is 280 Å². The monoisotopic (exact) mass is 652 g/mol. The molecule has 0 bridgehead atoms. The summed E-state index contributed by atoms with van der Waals surface area (Å²) in [6, 6.07) is 34.9. The number of rotatable bonds is 10. The number of nitrogens with zero attached hydrogens (tertiary/aromatic N) is 3. The summed E-state index contributed by atoms with van der Waals surface area (Å²) < 4.78 is 11.2. The van der Waals surface area contributed by atoms with Gasteiger partial charge in [-0.15, -0.1) is 0 Å². The number of fused-ring (bicyclic) bond motifs is 1. The van der Waals surface area contributed by atoms with Crippen LogP contribution < -0.4 is 14.8 Å². The normalized spacial score (nSPS) is 10.7. The van der Waals surface area contributed by atoms with Gasteiger partial charge in [0.2, 0.25) is 5.91 Å². The number of para-hydroxylation sites is 2. The van der Waals surface area contributed by atoms with Gasteiger partial charge in [0.15, 0.2) is 11.5 Å². The van der Waals surface area contributed by atoms with E-state index in [0.717, 1.165) is 17.3 Å². The van der Waals surface area contributed by atoms with Gasteiger partial charge < -0.3 is 19.9 Å². The third kappa shape index (κ3) is 6.54. The van der Waals surface area contributed by atoms with Crippen molar-refractivity contribution in [3.63, 3.8) is 0 Å². The van der Waals surface area contributed by atoms with Crippen LogP contribution >= 0.6 is 11.8 Å². The second kappa shape index (κ2) is 14.1. The number of thioether (sulfide) groups is 1. The molecule has 48 heavy (non-hydrogen) atoms. The SMILES string of the molecule is COc1cccc(-c2cc(-c3ccccc3)nc(SCC(=O)Nc3ccc(-c4cc(C(=O)O)c5ccccc5n4)cc3)c2C#N)c1OC. The fraction of sp³-hybridized carbons (Fsp3) is 0.0789. The number of ether oxygens (including phenoxy) is 2. The van der Waals surface area contributed by atoms with E-state index in [-0.39, 0.29) is 17.2 Å². The average molecular weight is 653 g/mol. The van der Waals surface area contributed by atoms with Crippen LogP contribution in [-0.2, 0) is 4.79 Å². The number of nitriles is 1. The zero-order valence-corrected chi connectivity index (χ0v) is 26.7. The first-order valence-corrected chi connectivity index (χ1v) is 15.8. The highest BCUT2D eigenvalue weighted by atomic mass is 32.2. The van der Waals surface area contributed by atoms with Gasteiger partial charge in [-0.05, 0) is 36.4 Å². The number of carbonyl (C=O) groups excluding carboxylic acids is 1. The van der Waals surface area contributed by atoms with Crippen LogP contribution in [-0.4, -0.2) is 46.9 Å². The molecule has 0 unspecified atom stereocenters. The minimum absolute atomic E-state index is 0.00936. The summed E-state index contributed by atoms with van der Waals surface area (Å²) in [4.78, 5) is 34.5. The summed E-state index contributed by atoms with van der Waals surface area (Å²) in [7, 11) is 3.10. The number of hydrogen-bond acceptors (Lipinski definition) is 8. The Hall–Kier alpha value is -6.18. The largest absolute Gasteiger partial charge is 0.493 e. The van der Waals surface area contributed by atoms with E-state index in [2.05, 4.69) is 16.4 Å². The standard InChI is InChI=1S/C38H28N4O5S/c1-46-34-14-8-12-27(36(34)47-2)28-19-33(23-9-4-3-5-10-23)42-37(30(28)21-39)48-22-35(43)40-25-17-15-24(16-18-25)32-20-29(38(44)45)26-11-6-7-13-31(26)41-32/h3-20H,22H2,1-2H3,(H,40,43)(H,44,45). The summed E-state index contributed by atoms with van der Waals surface area (Å²) >= 11 is 1.16. The molecule has 0 spiro atoms. The Morgan fingerprint density at radius 3 is 2.23 bits per heavy atom. The molecule has 0 saturated heterocycles. The predicted octanol–water partition coefficient (Wildman–Crippen LogP) is 7.95. The van der Waals surface area contributed by atoms with Crippen molar-refractivity contribution < 1.29 is 24.2 Å². The topological polar surface area (TPSA) is 134 Å². The van der Waals surface area contributed by atoms with Crippen LogP contribution in [0.3, 0.4) is 0 Å². The van der Waals surface area contributed by atoms with Crippen LogP contribution in [0.15, 0.2) is 114 Å². The maximum Gasteiger partial charge on any atom is 0.336 e. The van der Waals surface area contributed by atoms with Crippen LogP contribution in [0.4, 0.5) is 5.69 Å². The molecule has 4 aromatic carbocycles. The Morgan fingerprint density at radius 2 is 1.52 bits per heavy atom. The van der Waals surface area contributed by atoms with Gasteiger partial charge in [-0.2, -0.15) is 5.26 Å². The molecular formula is C38H28N4O5S. The van der Waals surface area contributed by atoms with E-state index in [9.17, 15) is 20.0 Å². The van der Waals surface area contributed by atoms with Crippen molar-refractivity contribution in [1.82, 2.24) is 9.97 Å². The van der Waals surface area contributed by atoms with Crippen molar-refractivity contribution in [2.45, 2.75) is 5.03 Å². The van der Waals surface area contributed by atoms with Crippen LogP contribution in [0, 0.1) is 11.3 Å². The zero-order valence-electron chi connectivity index (χ0n) is 25.9. The number of anilines is 1. The first-order valence-electron chi connectivity index (χ1n) is 14.8. The van der Waals surface area contributed by atoms with Gasteiger partial charge in [-0.1, -0.05) is 84.6 Å². The molecule has 0 radical (unpaired) electrons. The fourth-order valence-corrected chi connectivity index (χ4v) is 6.16. The van der Waals surface area contributed by atoms with Gasteiger partial charge in [0, 0.05) is 33.3 Å². The number of aromatic carboxylic acids is 1. The van der Waals surface area contributed by atoms with Crippen molar-refractivity contribution in [3.8, 4) is 51.2 Å². The van der Waals surface area contributed by atoms with Gasteiger partial charge in [0.05, 0.1) is 48.0 Å². The molecule has 2 aromatic heterocycles. The van der Waals surface area contributed by atoms with E-state index in [1.54, 1.807) is 68.8 Å². The first kappa shape index (κ1) is 31.8. The molecule has 1 amide bonds. The van der Waals surface area contributed by atoms with E-state index in [4.69, 9.17) is 14.5 Å². The summed E-state index contributed by atoms with van der Waals surface area (Å²) in [6.45, 7) is 0. The third-order valence-corrected chi connectivity index (χ3v) is 8.59. The molecule has 0 aliphatic rings. The number of pyridine rings is 2. The van der Waals surface area contributed by atoms with E-state index >= 15 is 0 Å². The smallest absolute Gasteiger partial charge is 0.336 e. The molecule has 2 heterocycles. The summed E-state index contributed by atoms with van der Waals surface area (Å²) in [5, 5.41) is 23.9. The number of nitrogens with one attached hydrogen (secondary N) is 1. The number of amides is 1. The molecular weight excluding hydrogens is 625 g/mol. The van der Waals surface area contributed by atoms with Crippen molar-refractivity contribution in [2.24, 2.45) is 0 Å². The highest BCUT2D eigenvalue weighted by molar-refractivity contribution is 8.00. The minimum atomic E-state index is -1.03. The summed E-state index contributed by atoms with van der Waals surface area (Å²) in [5.74, 6) is -0.326. The van der Waals surface area contributed by atoms with Crippen molar-refractivity contribution in [2.75, 3.05) is 25.3 Å². The van der Waals surface area contributed by atoms with Gasteiger partial charge >= 0.3 is 5.97 Å². The lowest BCUT2D eigenvalue weighted by Crippen LogP contribution is -2.14. The summed E-state index contributed by atoms with van der Waals surface area (Å²) in [6.07, 6.45) is 0. The average Bonchev–Trinajstić information content (AvgIpc) is 3.13. The number of hydrogen-bond donors (Lipinski definition) is 2. The van der Waals surface area contributed by atoms with Crippen LogP contribution in [0.2, 0.25) is 0 Å². The van der Waals surface area contributed by atoms with E-state index in [0.29, 0.717) is 66.8 Å². The third-order valence-electron chi connectivity index (χ3n) is 7.61. The van der Waals surface area contributed by atoms with Crippen LogP contribution in [0.5, 0.6) is 11.5 Å². The number of methoxy groups -OCH3 is 2. The number of carboxylic acids is 1. The number of carbonyl (C=O) groups is 2. The molecule has 0 aliphatic carbocycles. The van der Waals surface area contributed by atoms with Gasteiger partial charge in [0.25, 0.3) is 0 Å². The highest BCUT2D eigenvalue weighted by Gasteiger charge is 2.21. The molecule has 10 heteroatoms. The highest BCUT2D eigenvalue weighted by Crippen LogP contribution is 2.42. The number of carboxylic acid groups (broad SMARTS) is 1. The van der Waals surface area contributed by atoms with Gasteiger partial charge in [-0.25, -0.2) is 14.8 Å². The van der Waals surface area contributed by atoms with E-state index in [1.807, 2.05) is 54.6 Å². The lowest BCUT2D eigenvalue weighted by atomic mass is 9.98. The Balaban J connectivity index is 1.26. The van der Waals surface area contributed by atoms with Gasteiger partial charge in [0.1, 0.15) is 11.1 Å². The number of benzene rings is 4. The van der Waals surface area contributed by atoms with Crippen molar-refractivity contribution >= 4 is 40.2 Å². The first-order chi connectivity index (χ1) is 23.4. The second-order valence-electron chi connectivity index (χ2n) is 10.5. The fourth-order valence-electron chi connectivity index (χ4n) is 5.36. The lowest BCUT2D eigenvalue weighted by Gasteiger charge is -2.16. The van der Waals surface area contributed by atoms with Gasteiger partial charge in [-0.3, -0.25) is 4.79 Å². The van der Waals surface area contributed by atoms with Crippen LogP contribution in [0.1, 0.15) is 15.9 Å². The van der Waals surface area contributed by atoms with Crippen molar-refractivity contribution in [3.05, 3.63) is 120 Å². The lowest BCUT2D eigenvalue weighted by molar-refractivity contribution is -0.113. The predicted molar refractivity (Wildman–Crippen MR) is 186 cm³/mol. The second-order valence-corrected chi connectivity index (χ2v) is 11.5. The minimum Gasteiger partial charge on any atom is -0.493 e. The molecule has 9 nitrogen and oxygen atoms in total. The Bertz CT molecular complexity index is 2200. The van der Waals surface area contributed by atoms with E-state index < -0.39 is 5.97 Å². The Morgan fingerprint density at radius 1 is 0.812 bits per heavy atom. The molecule has 6 aromatic rings. The molecule has 6 rings (SSSR count). The molecule has 2 N–H and O–H groups in total. The van der Waals surface area contributed by atoms with Crippen LogP contribution in [0.25, 0.3) is 44.5 Å². The maximum atomic E-state index is 13.1. The molecule has 236 valence electrons. The number of aromatic nitrogens is 2. The Kier molecular flexibility index (Phi) is 9.32. The van der Waals surface area contributed by atoms with Crippen molar-refractivity contribution in [1.29, 1.82) is 5.26 Å². The quantitative estimate of drug-likeness (QED) is 0.141. The molecule has 0 atom stereocenters. The molecule has 0 fully saturated rings. The zero-order chi connectivity index (χ0) is 33.6. The molecule has 0 aliphatic heterocycles. The van der Waals surface area contributed by atoms with E-state index in [1.165, 1.54) is 0 Å². The maximum absolute atomic E-state index is 13.1. The summed E-state index contributed by atoms with van der Waals surface area (Å²) in [5.41, 5.74) is 5.59. The molecule has 0 saturated carbocycles.